The number of carbonyl (C=O) groups excluding carboxylic acids is 1. The third-order valence-corrected chi connectivity index (χ3v) is 3.48. The summed E-state index contributed by atoms with van der Waals surface area (Å²) in [5.74, 6) is -1.57. The van der Waals surface area contributed by atoms with Crippen LogP contribution in [0, 0.1) is 16.7 Å². The van der Waals surface area contributed by atoms with Crippen LogP contribution in [0.25, 0.3) is 0 Å². The number of aliphatic carboxylic acids is 1. The Kier molecular flexibility index (Phi) is 9.40. The first-order valence-corrected chi connectivity index (χ1v) is 9.27. The second-order valence-corrected chi connectivity index (χ2v) is 7.59. The van der Waals surface area contributed by atoms with Gasteiger partial charge in [0.2, 0.25) is 5.82 Å². The lowest BCUT2D eigenvalue weighted by Crippen LogP contribution is -2.48. The number of carbonyl (C=O) groups is 2. The average molecular weight is 468 g/mol. The minimum atomic E-state index is -5.08. The molecule has 178 valence electrons. The highest BCUT2D eigenvalue weighted by molar-refractivity contribution is 5.90. The van der Waals surface area contributed by atoms with Gasteiger partial charge in [0.05, 0.1) is 7.11 Å². The minimum absolute atomic E-state index is 0.0405. The molecule has 0 saturated heterocycles. The maximum Gasteiger partial charge on any atom is 0.490 e. The molecule has 1 aromatic heterocycles. The maximum atomic E-state index is 12.4. The molecule has 33 heavy (non-hydrogen) atoms. The van der Waals surface area contributed by atoms with Crippen molar-refractivity contribution in [3.63, 3.8) is 0 Å². The van der Waals surface area contributed by atoms with Crippen molar-refractivity contribution in [3.05, 3.63) is 42.4 Å². The Labute approximate surface area is 188 Å². The van der Waals surface area contributed by atoms with Crippen LogP contribution in [0.2, 0.25) is 0 Å². The SMILES string of the molecule is COc1ccc(NC(=O)NN(CC(C)(C)C)c2ccnc(C#N)n2)cc1.O=C(O)C(F)(F)F. The molecule has 3 N–H and O–H groups in total. The van der Waals surface area contributed by atoms with Crippen molar-refractivity contribution in [1.82, 2.24) is 15.4 Å². The minimum Gasteiger partial charge on any atom is -0.497 e. The summed E-state index contributed by atoms with van der Waals surface area (Å²) in [7, 11) is 1.58. The number of anilines is 2. The molecule has 2 rings (SSSR count). The zero-order valence-electron chi connectivity index (χ0n) is 18.3. The average Bonchev–Trinajstić information content (AvgIpc) is 2.72. The molecule has 0 bridgehead atoms. The molecule has 0 aliphatic carbocycles. The molecular weight excluding hydrogens is 445 g/mol. The molecule has 0 radical (unpaired) electrons. The zero-order chi connectivity index (χ0) is 25.2. The van der Waals surface area contributed by atoms with Crippen LogP contribution in [0.5, 0.6) is 5.75 Å². The van der Waals surface area contributed by atoms with E-state index >= 15 is 0 Å². The van der Waals surface area contributed by atoms with Crippen LogP contribution >= 0.6 is 0 Å². The van der Waals surface area contributed by atoms with Gasteiger partial charge in [0.25, 0.3) is 0 Å². The molecule has 2 amide bonds. The normalized spacial score (nSPS) is 10.7. The fraction of sp³-hybridized carbons (Fsp3) is 0.350. The number of aromatic nitrogens is 2. The number of hydrogen-bond donors (Lipinski definition) is 3. The maximum absolute atomic E-state index is 12.4. The van der Waals surface area contributed by atoms with Gasteiger partial charge in [-0.25, -0.2) is 20.0 Å². The van der Waals surface area contributed by atoms with Crippen LogP contribution in [-0.2, 0) is 4.79 Å². The Morgan fingerprint density at radius 2 is 1.76 bits per heavy atom. The molecular formula is C20H23F3N6O4. The van der Waals surface area contributed by atoms with Crippen molar-refractivity contribution in [2.75, 3.05) is 24.0 Å². The molecule has 0 atom stereocenters. The molecule has 0 saturated carbocycles. The molecule has 1 aromatic carbocycles. The summed E-state index contributed by atoms with van der Waals surface area (Å²) in [5.41, 5.74) is 3.28. The van der Waals surface area contributed by atoms with Gasteiger partial charge < -0.3 is 15.2 Å². The van der Waals surface area contributed by atoms with Gasteiger partial charge >= 0.3 is 18.2 Å². The van der Waals surface area contributed by atoms with E-state index in [1.165, 1.54) is 6.20 Å². The number of halogens is 3. The van der Waals surface area contributed by atoms with Gasteiger partial charge in [-0.2, -0.15) is 23.4 Å². The fourth-order valence-corrected chi connectivity index (χ4v) is 2.16. The Hall–Kier alpha value is -4.08. The van der Waals surface area contributed by atoms with E-state index in [0.717, 1.165) is 0 Å². The number of urea groups is 1. The van der Waals surface area contributed by atoms with Crippen LogP contribution in [0.15, 0.2) is 36.5 Å². The number of nitrogens with one attached hydrogen (secondary N) is 2. The van der Waals surface area contributed by atoms with E-state index in [-0.39, 0.29) is 11.2 Å². The number of alkyl halides is 3. The standard InChI is InChI=1S/C18H22N6O2.C2HF3O2/c1-18(2,3)12-24(16-9-10-20-15(11-19)22-16)23-17(25)21-13-5-7-14(26-4)8-6-13;3-2(4,5)1(6)7/h5-10H,12H2,1-4H3,(H2,21,23,25);(H,6,7). The van der Waals surface area contributed by atoms with Gasteiger partial charge in [0.15, 0.2) is 5.82 Å². The molecule has 2 aromatic rings. The number of ether oxygens (including phenoxy) is 1. The van der Waals surface area contributed by atoms with Crippen molar-refractivity contribution < 1.29 is 32.6 Å². The van der Waals surface area contributed by atoms with Gasteiger partial charge in [-0.15, -0.1) is 0 Å². The summed E-state index contributed by atoms with van der Waals surface area (Å²) in [6.45, 7) is 6.60. The molecule has 0 spiro atoms. The van der Waals surface area contributed by atoms with Crippen LogP contribution in [0.1, 0.15) is 26.6 Å². The Bertz CT molecular complexity index is 985. The number of carboxylic acids is 1. The number of amides is 2. The first-order valence-electron chi connectivity index (χ1n) is 9.27. The highest BCUT2D eigenvalue weighted by Gasteiger charge is 2.38. The summed E-state index contributed by atoms with van der Waals surface area (Å²) in [6, 6.07) is 10.1. The van der Waals surface area contributed by atoms with Crippen LogP contribution in [0.3, 0.4) is 0 Å². The van der Waals surface area contributed by atoms with Gasteiger partial charge in [0, 0.05) is 24.5 Å². The topological polar surface area (TPSA) is 140 Å². The summed E-state index contributed by atoms with van der Waals surface area (Å²) in [4.78, 5) is 29.3. The van der Waals surface area contributed by atoms with Crippen molar-refractivity contribution >= 4 is 23.5 Å². The van der Waals surface area contributed by atoms with Gasteiger partial charge in [-0.3, -0.25) is 5.01 Å². The Morgan fingerprint density at radius 1 is 1.18 bits per heavy atom. The van der Waals surface area contributed by atoms with E-state index in [9.17, 15) is 18.0 Å². The van der Waals surface area contributed by atoms with Crippen molar-refractivity contribution in [2.45, 2.75) is 26.9 Å². The molecule has 0 fully saturated rings. The first-order chi connectivity index (χ1) is 15.2. The summed E-state index contributed by atoms with van der Waals surface area (Å²) in [5, 5.41) is 20.5. The quantitative estimate of drug-likeness (QED) is 0.566. The second-order valence-electron chi connectivity index (χ2n) is 7.59. The summed E-state index contributed by atoms with van der Waals surface area (Å²) < 4.78 is 36.8. The predicted octanol–water partition coefficient (Wildman–Crippen LogP) is 3.58. The van der Waals surface area contributed by atoms with E-state index in [2.05, 4.69) is 20.7 Å². The number of nitrogens with zero attached hydrogens (tertiary/aromatic N) is 4. The first kappa shape index (κ1) is 27.0. The van der Waals surface area contributed by atoms with Gasteiger partial charge in [0.1, 0.15) is 11.8 Å². The smallest absolute Gasteiger partial charge is 0.490 e. The van der Waals surface area contributed by atoms with Crippen molar-refractivity contribution in [1.29, 1.82) is 5.26 Å². The molecule has 0 aliphatic heterocycles. The number of methoxy groups -OCH3 is 1. The fourth-order valence-electron chi connectivity index (χ4n) is 2.16. The van der Waals surface area contributed by atoms with E-state index < -0.39 is 18.2 Å². The molecule has 10 nitrogen and oxygen atoms in total. The Balaban J connectivity index is 0.000000675. The van der Waals surface area contributed by atoms with Crippen LogP contribution < -0.4 is 20.5 Å². The van der Waals surface area contributed by atoms with Crippen molar-refractivity contribution in [2.24, 2.45) is 5.41 Å². The van der Waals surface area contributed by atoms with Crippen LogP contribution in [0.4, 0.5) is 29.5 Å². The lowest BCUT2D eigenvalue weighted by Gasteiger charge is -2.30. The highest BCUT2D eigenvalue weighted by atomic mass is 19.4. The van der Waals surface area contributed by atoms with Crippen molar-refractivity contribution in [3.8, 4) is 11.8 Å². The monoisotopic (exact) mass is 468 g/mol. The number of hydrogen-bond acceptors (Lipinski definition) is 7. The lowest BCUT2D eigenvalue weighted by molar-refractivity contribution is -0.192. The van der Waals surface area contributed by atoms with E-state index in [1.807, 2.05) is 26.8 Å². The Morgan fingerprint density at radius 3 is 2.21 bits per heavy atom. The van der Waals surface area contributed by atoms with Gasteiger partial charge in [-0.1, -0.05) is 20.8 Å². The van der Waals surface area contributed by atoms with Crippen LogP contribution in [-0.4, -0.2) is 46.9 Å². The second kappa shape index (κ2) is 11.5. The van der Waals surface area contributed by atoms with Gasteiger partial charge in [-0.05, 0) is 29.7 Å². The van der Waals surface area contributed by atoms with E-state index in [1.54, 1.807) is 42.5 Å². The van der Waals surface area contributed by atoms with E-state index in [0.29, 0.717) is 23.8 Å². The predicted molar refractivity (Wildman–Crippen MR) is 112 cm³/mol. The third-order valence-electron chi connectivity index (χ3n) is 3.48. The third kappa shape index (κ3) is 10.2. The van der Waals surface area contributed by atoms with E-state index in [4.69, 9.17) is 19.9 Å². The summed E-state index contributed by atoms with van der Waals surface area (Å²) >= 11 is 0. The number of nitriles is 1. The summed E-state index contributed by atoms with van der Waals surface area (Å²) in [6.07, 6.45) is -3.60. The molecule has 1 heterocycles. The molecule has 13 heteroatoms. The highest BCUT2D eigenvalue weighted by Crippen LogP contribution is 2.19. The number of hydrazine groups is 1. The zero-order valence-corrected chi connectivity index (χ0v) is 18.3. The number of rotatable bonds is 5. The number of benzene rings is 1. The molecule has 0 unspecified atom stereocenters. The largest absolute Gasteiger partial charge is 0.497 e. The lowest BCUT2D eigenvalue weighted by atomic mass is 9.97. The number of carboxylic acid groups (broad SMARTS) is 1. The molecule has 0 aliphatic rings.